The lowest BCUT2D eigenvalue weighted by Crippen LogP contribution is -2.34. The fourth-order valence-corrected chi connectivity index (χ4v) is 2.57. The van der Waals surface area contributed by atoms with E-state index in [0.29, 0.717) is 0 Å². The fraction of sp³-hybridized carbons (Fsp3) is 0.385. The van der Waals surface area contributed by atoms with Gasteiger partial charge >= 0.3 is 5.97 Å². The first-order valence-corrected chi connectivity index (χ1v) is 7.07. The van der Waals surface area contributed by atoms with Crippen LogP contribution in [0.4, 0.5) is 5.69 Å². The van der Waals surface area contributed by atoms with Gasteiger partial charge in [-0.3, -0.25) is 19.7 Å². The predicted octanol–water partition coefficient (Wildman–Crippen LogP) is 2.01. The minimum Gasteiger partial charge on any atom is -0.481 e. The molecule has 114 valence electrons. The van der Waals surface area contributed by atoms with Gasteiger partial charge in [-0.25, -0.2) is 0 Å². The summed E-state index contributed by atoms with van der Waals surface area (Å²) in [4.78, 5) is 34.7. The van der Waals surface area contributed by atoms with Gasteiger partial charge in [-0.1, -0.05) is 0 Å². The number of carbonyl (C=O) groups is 2. The minimum atomic E-state index is -0.953. The van der Waals surface area contributed by atoms with Crippen molar-refractivity contribution in [2.45, 2.75) is 23.5 Å². The molecule has 0 aromatic heterocycles. The van der Waals surface area contributed by atoms with Crippen LogP contribution in [0.5, 0.6) is 0 Å². The van der Waals surface area contributed by atoms with Crippen LogP contribution in [-0.4, -0.2) is 45.6 Å². The third-order valence-corrected chi connectivity index (χ3v) is 3.84. The maximum Gasteiger partial charge on any atom is 0.305 e. The van der Waals surface area contributed by atoms with E-state index < -0.39 is 16.1 Å². The molecule has 1 aromatic carbocycles. The van der Waals surface area contributed by atoms with Gasteiger partial charge in [-0.05, 0) is 19.1 Å². The molecule has 0 fully saturated rings. The molecule has 0 bridgehead atoms. The van der Waals surface area contributed by atoms with Crippen molar-refractivity contribution in [3.05, 3.63) is 34.4 Å². The molecule has 1 aromatic rings. The van der Waals surface area contributed by atoms with E-state index in [-0.39, 0.29) is 24.6 Å². The Bertz CT molecular complexity index is 532. The molecule has 0 radical (unpaired) electrons. The average Bonchev–Trinajstić information content (AvgIpc) is 2.44. The third kappa shape index (κ3) is 5.42. The zero-order chi connectivity index (χ0) is 16.0. The molecule has 1 unspecified atom stereocenters. The SMILES string of the molecule is CC(Sc1ccc([N+](=O)[O-])cc1)C(=O)N(C)CCC(=O)O. The van der Waals surface area contributed by atoms with E-state index in [4.69, 9.17) is 5.11 Å². The summed E-state index contributed by atoms with van der Waals surface area (Å²) in [6.45, 7) is 1.87. The molecule has 0 saturated carbocycles. The smallest absolute Gasteiger partial charge is 0.305 e. The summed E-state index contributed by atoms with van der Waals surface area (Å²) in [5, 5.41) is 18.7. The summed E-state index contributed by atoms with van der Waals surface area (Å²) in [5.74, 6) is -1.13. The number of benzene rings is 1. The van der Waals surface area contributed by atoms with Crippen molar-refractivity contribution in [3.8, 4) is 0 Å². The van der Waals surface area contributed by atoms with E-state index in [1.54, 1.807) is 26.1 Å². The number of hydrogen-bond donors (Lipinski definition) is 1. The number of nitro groups is 1. The van der Waals surface area contributed by atoms with Crippen molar-refractivity contribution < 1.29 is 19.6 Å². The summed E-state index contributed by atoms with van der Waals surface area (Å²) < 4.78 is 0. The van der Waals surface area contributed by atoms with Gasteiger partial charge in [0.2, 0.25) is 5.91 Å². The van der Waals surface area contributed by atoms with Gasteiger partial charge in [0.25, 0.3) is 5.69 Å². The van der Waals surface area contributed by atoms with Gasteiger partial charge in [0, 0.05) is 30.6 Å². The van der Waals surface area contributed by atoms with E-state index >= 15 is 0 Å². The second kappa shape index (κ2) is 7.63. The van der Waals surface area contributed by atoms with Crippen LogP contribution >= 0.6 is 11.8 Å². The molecule has 0 aliphatic rings. The topological polar surface area (TPSA) is 101 Å². The fourth-order valence-electron chi connectivity index (χ4n) is 1.58. The van der Waals surface area contributed by atoms with Gasteiger partial charge < -0.3 is 10.0 Å². The third-order valence-electron chi connectivity index (χ3n) is 2.75. The Kier molecular flexibility index (Phi) is 6.16. The van der Waals surface area contributed by atoms with Crippen LogP contribution in [0.1, 0.15) is 13.3 Å². The molecule has 8 heteroatoms. The number of non-ortho nitro benzene ring substituents is 1. The normalized spacial score (nSPS) is 11.7. The quantitative estimate of drug-likeness (QED) is 0.469. The molecular formula is C13H16N2O5S. The average molecular weight is 312 g/mol. The molecule has 1 N–H and O–H groups in total. The lowest BCUT2D eigenvalue weighted by Gasteiger charge is -2.20. The molecule has 0 spiro atoms. The Morgan fingerprint density at radius 1 is 1.38 bits per heavy atom. The van der Waals surface area contributed by atoms with Crippen LogP contribution in [0.3, 0.4) is 0 Å². The number of rotatable bonds is 7. The number of carbonyl (C=O) groups excluding carboxylic acids is 1. The van der Waals surface area contributed by atoms with E-state index in [1.165, 1.54) is 28.8 Å². The number of nitro benzene ring substituents is 1. The van der Waals surface area contributed by atoms with E-state index in [2.05, 4.69) is 0 Å². The van der Waals surface area contributed by atoms with Crippen molar-refractivity contribution in [3.63, 3.8) is 0 Å². The first kappa shape index (κ1) is 17.0. The molecule has 1 rings (SSSR count). The van der Waals surface area contributed by atoms with E-state index in [9.17, 15) is 19.7 Å². The Morgan fingerprint density at radius 2 is 1.95 bits per heavy atom. The highest BCUT2D eigenvalue weighted by atomic mass is 32.2. The lowest BCUT2D eigenvalue weighted by molar-refractivity contribution is -0.384. The van der Waals surface area contributed by atoms with Crippen molar-refractivity contribution in [2.75, 3.05) is 13.6 Å². The molecule has 0 heterocycles. The van der Waals surface area contributed by atoms with Gasteiger partial charge in [0.1, 0.15) is 0 Å². The van der Waals surface area contributed by atoms with Crippen molar-refractivity contribution in [2.24, 2.45) is 0 Å². The highest BCUT2D eigenvalue weighted by molar-refractivity contribution is 8.00. The minimum absolute atomic E-state index is 0.00286. The number of hydrogen-bond acceptors (Lipinski definition) is 5. The molecule has 1 atom stereocenters. The second-order valence-electron chi connectivity index (χ2n) is 4.41. The largest absolute Gasteiger partial charge is 0.481 e. The Morgan fingerprint density at radius 3 is 2.43 bits per heavy atom. The summed E-state index contributed by atoms with van der Waals surface area (Å²) in [5.41, 5.74) is -0.00286. The maximum atomic E-state index is 12.0. The molecule has 7 nitrogen and oxygen atoms in total. The Balaban J connectivity index is 2.58. The number of carboxylic acid groups (broad SMARTS) is 1. The predicted molar refractivity (Wildman–Crippen MR) is 78.3 cm³/mol. The molecular weight excluding hydrogens is 296 g/mol. The van der Waals surface area contributed by atoms with Crippen molar-refractivity contribution in [1.82, 2.24) is 4.90 Å². The number of amides is 1. The first-order chi connectivity index (χ1) is 9.81. The van der Waals surface area contributed by atoms with E-state index in [1.807, 2.05) is 0 Å². The molecule has 0 saturated heterocycles. The van der Waals surface area contributed by atoms with Crippen LogP contribution in [0, 0.1) is 10.1 Å². The molecule has 21 heavy (non-hydrogen) atoms. The summed E-state index contributed by atoms with van der Waals surface area (Å²) in [6.07, 6.45) is -0.100. The molecule has 1 amide bonds. The number of carboxylic acids is 1. The van der Waals surface area contributed by atoms with Gasteiger partial charge in [-0.2, -0.15) is 0 Å². The van der Waals surface area contributed by atoms with Crippen LogP contribution in [-0.2, 0) is 9.59 Å². The summed E-state index contributed by atoms with van der Waals surface area (Å²) in [7, 11) is 1.55. The Hall–Kier alpha value is -2.09. The van der Waals surface area contributed by atoms with E-state index in [0.717, 1.165) is 4.90 Å². The highest BCUT2D eigenvalue weighted by Gasteiger charge is 2.19. The zero-order valence-electron chi connectivity index (χ0n) is 11.7. The van der Waals surface area contributed by atoms with Gasteiger partial charge in [0.05, 0.1) is 16.6 Å². The summed E-state index contributed by atoms with van der Waals surface area (Å²) in [6, 6.07) is 5.94. The molecule has 0 aliphatic carbocycles. The van der Waals surface area contributed by atoms with Crippen molar-refractivity contribution >= 4 is 29.3 Å². The van der Waals surface area contributed by atoms with Crippen LogP contribution in [0.2, 0.25) is 0 Å². The number of aliphatic carboxylic acids is 1. The first-order valence-electron chi connectivity index (χ1n) is 6.19. The van der Waals surface area contributed by atoms with Crippen molar-refractivity contribution in [1.29, 1.82) is 0 Å². The highest BCUT2D eigenvalue weighted by Crippen LogP contribution is 2.26. The molecule has 0 aliphatic heterocycles. The standard InChI is InChI=1S/C13H16N2O5S/c1-9(13(18)14(2)8-7-12(16)17)21-11-5-3-10(4-6-11)15(19)20/h3-6,9H,7-8H2,1-2H3,(H,16,17). The van der Waals surface area contributed by atoms with Crippen LogP contribution in [0.25, 0.3) is 0 Å². The lowest BCUT2D eigenvalue weighted by atomic mass is 10.3. The number of nitrogens with zero attached hydrogens (tertiary/aromatic N) is 2. The van der Waals surface area contributed by atoms with Gasteiger partial charge in [-0.15, -0.1) is 11.8 Å². The maximum absolute atomic E-state index is 12.0. The van der Waals surface area contributed by atoms with Crippen LogP contribution in [0.15, 0.2) is 29.2 Å². The monoisotopic (exact) mass is 312 g/mol. The zero-order valence-corrected chi connectivity index (χ0v) is 12.5. The van der Waals surface area contributed by atoms with Gasteiger partial charge in [0.15, 0.2) is 0 Å². The number of thioether (sulfide) groups is 1. The Labute approximate surface area is 126 Å². The van der Waals surface area contributed by atoms with Crippen LogP contribution < -0.4 is 0 Å². The second-order valence-corrected chi connectivity index (χ2v) is 5.83. The summed E-state index contributed by atoms with van der Waals surface area (Å²) >= 11 is 1.27.